The van der Waals surface area contributed by atoms with E-state index < -0.39 is 0 Å². The number of nitrogens with two attached hydrogens (primary N) is 1. The molecule has 2 rings (SSSR count). The Labute approximate surface area is 100 Å². The molecule has 0 amide bonds. The second kappa shape index (κ2) is 4.41. The Morgan fingerprint density at radius 2 is 2.24 bits per heavy atom. The molecule has 0 unspecified atom stereocenters. The van der Waals surface area contributed by atoms with E-state index in [1.54, 1.807) is 18.3 Å². The van der Waals surface area contributed by atoms with Gasteiger partial charge in [0.05, 0.1) is 0 Å². The minimum atomic E-state index is -0.0182. The molecule has 1 aromatic heterocycles. The van der Waals surface area contributed by atoms with E-state index in [1.807, 2.05) is 23.8 Å². The first-order valence-electron chi connectivity index (χ1n) is 5.56. The monoisotopic (exact) mass is 229 g/mol. The van der Waals surface area contributed by atoms with Crippen molar-refractivity contribution < 1.29 is 4.79 Å². The third-order valence-corrected chi connectivity index (χ3v) is 2.73. The molecule has 1 aromatic carbocycles. The van der Waals surface area contributed by atoms with Gasteiger partial charge in [-0.05, 0) is 25.1 Å². The first-order valence-corrected chi connectivity index (χ1v) is 5.56. The highest BCUT2D eigenvalue weighted by Crippen LogP contribution is 2.19. The van der Waals surface area contributed by atoms with E-state index in [4.69, 9.17) is 5.73 Å². The fourth-order valence-corrected chi connectivity index (χ4v) is 1.85. The van der Waals surface area contributed by atoms with Gasteiger partial charge in [-0.25, -0.2) is 4.98 Å². The van der Waals surface area contributed by atoms with Gasteiger partial charge < -0.3 is 10.3 Å². The maximum Gasteiger partial charge on any atom is 0.161 e. The molecule has 0 aliphatic heterocycles. The van der Waals surface area contributed by atoms with Gasteiger partial charge in [0, 0.05) is 35.8 Å². The van der Waals surface area contributed by atoms with Gasteiger partial charge in [0.2, 0.25) is 0 Å². The lowest BCUT2D eigenvalue weighted by atomic mass is 10.1. The number of nitrogen functional groups attached to an aromatic ring is 1. The smallest absolute Gasteiger partial charge is 0.161 e. The third kappa shape index (κ3) is 2.06. The Bertz CT molecular complexity index is 558. The number of carbonyl (C=O) groups excluding carboxylic acids is 1. The summed E-state index contributed by atoms with van der Waals surface area (Å²) in [5, 5.41) is 0. The SMILES string of the molecule is CCc1nccn1-c1ccc(C(C)=O)c(N)c1. The number of aromatic nitrogens is 2. The first-order chi connectivity index (χ1) is 8.13. The number of imidazole rings is 1. The van der Waals surface area contributed by atoms with Gasteiger partial charge in [0.1, 0.15) is 5.82 Å². The summed E-state index contributed by atoms with van der Waals surface area (Å²) in [4.78, 5) is 15.5. The second-order valence-corrected chi connectivity index (χ2v) is 3.89. The van der Waals surface area contributed by atoms with Crippen molar-refractivity contribution in [1.29, 1.82) is 0 Å². The average Bonchev–Trinajstić information content (AvgIpc) is 2.76. The van der Waals surface area contributed by atoms with Crippen LogP contribution in [0.5, 0.6) is 0 Å². The number of hydrogen-bond donors (Lipinski definition) is 1. The Morgan fingerprint density at radius 1 is 1.47 bits per heavy atom. The van der Waals surface area contributed by atoms with Gasteiger partial charge in [-0.1, -0.05) is 6.92 Å². The molecule has 0 aliphatic carbocycles. The summed E-state index contributed by atoms with van der Waals surface area (Å²) in [7, 11) is 0. The van der Waals surface area contributed by atoms with Crippen molar-refractivity contribution in [3.8, 4) is 5.69 Å². The van der Waals surface area contributed by atoms with Crippen LogP contribution in [0.3, 0.4) is 0 Å². The van der Waals surface area contributed by atoms with Gasteiger partial charge in [0.25, 0.3) is 0 Å². The van der Waals surface area contributed by atoms with Gasteiger partial charge in [-0.2, -0.15) is 0 Å². The van der Waals surface area contributed by atoms with Crippen molar-refractivity contribution in [2.45, 2.75) is 20.3 Å². The summed E-state index contributed by atoms with van der Waals surface area (Å²) < 4.78 is 1.97. The van der Waals surface area contributed by atoms with Crippen molar-refractivity contribution in [2.24, 2.45) is 0 Å². The molecule has 0 aliphatic rings. The van der Waals surface area contributed by atoms with Gasteiger partial charge in [-0.3, -0.25) is 4.79 Å². The number of carbonyl (C=O) groups is 1. The average molecular weight is 229 g/mol. The first kappa shape index (κ1) is 11.4. The van der Waals surface area contributed by atoms with E-state index in [-0.39, 0.29) is 5.78 Å². The zero-order valence-corrected chi connectivity index (χ0v) is 9.97. The molecule has 0 bridgehead atoms. The van der Waals surface area contributed by atoms with Crippen LogP contribution in [-0.4, -0.2) is 15.3 Å². The second-order valence-electron chi connectivity index (χ2n) is 3.89. The molecule has 4 heteroatoms. The lowest BCUT2D eigenvalue weighted by Gasteiger charge is -2.09. The summed E-state index contributed by atoms with van der Waals surface area (Å²) in [5.74, 6) is 0.954. The van der Waals surface area contributed by atoms with Crippen LogP contribution in [0.4, 0.5) is 5.69 Å². The Kier molecular flexibility index (Phi) is 2.95. The zero-order valence-electron chi connectivity index (χ0n) is 9.97. The zero-order chi connectivity index (χ0) is 12.4. The molecular formula is C13H15N3O. The van der Waals surface area contributed by atoms with E-state index >= 15 is 0 Å². The normalized spacial score (nSPS) is 10.5. The molecule has 4 nitrogen and oxygen atoms in total. The van der Waals surface area contributed by atoms with E-state index in [0.29, 0.717) is 11.3 Å². The topological polar surface area (TPSA) is 60.9 Å². The van der Waals surface area contributed by atoms with Gasteiger partial charge in [-0.15, -0.1) is 0 Å². The highest BCUT2D eigenvalue weighted by atomic mass is 16.1. The largest absolute Gasteiger partial charge is 0.398 e. The van der Waals surface area contributed by atoms with Crippen LogP contribution in [0.1, 0.15) is 30.0 Å². The maximum absolute atomic E-state index is 11.3. The van der Waals surface area contributed by atoms with E-state index in [1.165, 1.54) is 6.92 Å². The maximum atomic E-state index is 11.3. The number of aryl methyl sites for hydroxylation is 1. The molecule has 0 atom stereocenters. The van der Waals surface area contributed by atoms with Crippen LogP contribution in [0, 0.1) is 0 Å². The number of benzene rings is 1. The van der Waals surface area contributed by atoms with Crippen molar-refractivity contribution in [3.63, 3.8) is 0 Å². The molecule has 17 heavy (non-hydrogen) atoms. The third-order valence-electron chi connectivity index (χ3n) is 2.73. The van der Waals surface area contributed by atoms with Crippen molar-refractivity contribution >= 4 is 11.5 Å². The molecule has 0 radical (unpaired) electrons. The van der Waals surface area contributed by atoms with Crippen LogP contribution in [-0.2, 0) is 6.42 Å². The van der Waals surface area contributed by atoms with Crippen molar-refractivity contribution in [1.82, 2.24) is 9.55 Å². The molecular weight excluding hydrogens is 214 g/mol. The number of rotatable bonds is 3. The molecule has 1 heterocycles. The lowest BCUT2D eigenvalue weighted by molar-refractivity contribution is 0.101. The number of anilines is 1. The van der Waals surface area contributed by atoms with E-state index in [0.717, 1.165) is 17.9 Å². The van der Waals surface area contributed by atoms with Crippen LogP contribution in [0.2, 0.25) is 0 Å². The Hall–Kier alpha value is -2.10. The number of Topliss-reactive ketones (excluding diaryl/α,β-unsaturated/α-hetero) is 1. The summed E-state index contributed by atoms with van der Waals surface area (Å²) >= 11 is 0. The summed E-state index contributed by atoms with van der Waals surface area (Å²) in [6.45, 7) is 3.56. The van der Waals surface area contributed by atoms with Gasteiger partial charge >= 0.3 is 0 Å². The quantitative estimate of drug-likeness (QED) is 0.648. The molecule has 0 fully saturated rings. The fourth-order valence-electron chi connectivity index (χ4n) is 1.85. The fraction of sp³-hybridized carbons (Fsp3) is 0.231. The molecule has 0 saturated heterocycles. The van der Waals surface area contributed by atoms with Crippen LogP contribution in [0.25, 0.3) is 5.69 Å². The molecule has 0 spiro atoms. The highest BCUT2D eigenvalue weighted by molar-refractivity contribution is 5.99. The minimum Gasteiger partial charge on any atom is -0.398 e. The van der Waals surface area contributed by atoms with Crippen LogP contribution in [0.15, 0.2) is 30.6 Å². The number of hydrogen-bond acceptors (Lipinski definition) is 3. The number of nitrogens with zero attached hydrogens (tertiary/aromatic N) is 2. The lowest BCUT2D eigenvalue weighted by Crippen LogP contribution is -2.03. The standard InChI is InChI=1S/C13H15N3O/c1-3-13-15-6-7-16(13)10-4-5-11(9(2)17)12(14)8-10/h4-8H,3,14H2,1-2H3. The predicted octanol–water partition coefficient (Wildman–Crippen LogP) is 2.22. The molecule has 2 aromatic rings. The highest BCUT2D eigenvalue weighted by Gasteiger charge is 2.08. The van der Waals surface area contributed by atoms with Crippen LogP contribution >= 0.6 is 0 Å². The molecule has 2 N–H and O–H groups in total. The molecule has 0 saturated carbocycles. The van der Waals surface area contributed by atoms with Gasteiger partial charge in [0.15, 0.2) is 5.78 Å². The Balaban J connectivity index is 2.48. The molecule has 88 valence electrons. The van der Waals surface area contributed by atoms with E-state index in [2.05, 4.69) is 4.98 Å². The van der Waals surface area contributed by atoms with Crippen molar-refractivity contribution in [2.75, 3.05) is 5.73 Å². The van der Waals surface area contributed by atoms with E-state index in [9.17, 15) is 4.79 Å². The number of ketones is 1. The van der Waals surface area contributed by atoms with Crippen LogP contribution < -0.4 is 5.73 Å². The summed E-state index contributed by atoms with van der Waals surface area (Å²) in [6.07, 6.45) is 4.50. The van der Waals surface area contributed by atoms with Crippen molar-refractivity contribution in [3.05, 3.63) is 42.0 Å². The summed E-state index contributed by atoms with van der Waals surface area (Å²) in [5.41, 5.74) is 7.86. The minimum absolute atomic E-state index is 0.0182. The Morgan fingerprint density at radius 3 is 2.82 bits per heavy atom. The predicted molar refractivity (Wildman–Crippen MR) is 67.4 cm³/mol. The summed E-state index contributed by atoms with van der Waals surface area (Å²) in [6, 6.07) is 5.44.